The minimum atomic E-state index is -0.375. The van der Waals surface area contributed by atoms with Crippen LogP contribution in [0.25, 0.3) is 0 Å². The monoisotopic (exact) mass is 274 g/mol. The largest absolute Gasteiger partial charge is 0.497 e. The van der Waals surface area contributed by atoms with Crippen LogP contribution < -0.4 is 9.47 Å². The number of hydrogen-bond donors (Lipinski definition) is 0. The van der Waals surface area contributed by atoms with Crippen molar-refractivity contribution in [1.82, 2.24) is 0 Å². The molecule has 0 aliphatic carbocycles. The second-order valence-corrected chi connectivity index (χ2v) is 4.36. The Balaban J connectivity index is 2.51. The first-order chi connectivity index (χ1) is 9.56. The number of aryl methyl sites for hydroxylation is 1. The molecule has 0 aliphatic rings. The predicted molar refractivity (Wildman–Crippen MR) is 74.1 cm³/mol. The molecule has 0 aliphatic heterocycles. The summed E-state index contributed by atoms with van der Waals surface area (Å²) >= 11 is 0. The van der Waals surface area contributed by atoms with Crippen LogP contribution in [-0.4, -0.2) is 20.0 Å². The molecular formula is C16H15FO3. The number of rotatable bonds is 4. The van der Waals surface area contributed by atoms with Gasteiger partial charge in [0.25, 0.3) is 0 Å². The maximum absolute atomic E-state index is 12.9. The zero-order chi connectivity index (χ0) is 14.7. The van der Waals surface area contributed by atoms with E-state index in [1.165, 1.54) is 31.4 Å². The minimum absolute atomic E-state index is 0.206. The molecule has 4 heteroatoms. The van der Waals surface area contributed by atoms with E-state index >= 15 is 0 Å². The van der Waals surface area contributed by atoms with Crippen molar-refractivity contribution in [3.63, 3.8) is 0 Å². The van der Waals surface area contributed by atoms with E-state index in [-0.39, 0.29) is 11.6 Å². The van der Waals surface area contributed by atoms with Gasteiger partial charge in [0.1, 0.15) is 17.3 Å². The number of benzene rings is 2. The average Bonchev–Trinajstić information content (AvgIpc) is 2.46. The van der Waals surface area contributed by atoms with Crippen LogP contribution in [0.2, 0.25) is 0 Å². The third-order valence-electron chi connectivity index (χ3n) is 3.06. The molecule has 0 saturated carbocycles. The molecule has 104 valence electrons. The van der Waals surface area contributed by atoms with Crippen LogP contribution in [0, 0.1) is 12.7 Å². The summed E-state index contributed by atoms with van der Waals surface area (Å²) in [5.74, 6) is 0.480. The van der Waals surface area contributed by atoms with Crippen molar-refractivity contribution >= 4 is 5.78 Å². The standard InChI is InChI=1S/C16H15FO3/c1-10-8-13(19-2)9-14(20-3)15(10)16(18)11-4-6-12(17)7-5-11/h4-9H,1-3H3. The summed E-state index contributed by atoms with van der Waals surface area (Å²) < 4.78 is 23.3. The van der Waals surface area contributed by atoms with E-state index < -0.39 is 0 Å². The fourth-order valence-corrected chi connectivity index (χ4v) is 2.04. The van der Waals surface area contributed by atoms with Gasteiger partial charge in [0, 0.05) is 11.6 Å². The Hall–Kier alpha value is -2.36. The molecule has 0 atom stereocenters. The average molecular weight is 274 g/mol. The van der Waals surface area contributed by atoms with Crippen molar-refractivity contribution < 1.29 is 18.7 Å². The van der Waals surface area contributed by atoms with E-state index in [0.29, 0.717) is 22.6 Å². The van der Waals surface area contributed by atoms with Gasteiger partial charge in [-0.15, -0.1) is 0 Å². The van der Waals surface area contributed by atoms with Crippen molar-refractivity contribution in [2.24, 2.45) is 0 Å². The van der Waals surface area contributed by atoms with Gasteiger partial charge in [0.15, 0.2) is 5.78 Å². The van der Waals surface area contributed by atoms with Crippen molar-refractivity contribution in [2.45, 2.75) is 6.92 Å². The third-order valence-corrected chi connectivity index (χ3v) is 3.06. The van der Waals surface area contributed by atoms with Gasteiger partial charge in [0.2, 0.25) is 0 Å². The quantitative estimate of drug-likeness (QED) is 0.802. The number of ketones is 1. The molecule has 20 heavy (non-hydrogen) atoms. The molecule has 0 N–H and O–H groups in total. The molecule has 0 fully saturated rings. The molecule has 0 saturated heterocycles. The zero-order valence-electron chi connectivity index (χ0n) is 11.6. The van der Waals surface area contributed by atoms with E-state index in [1.54, 1.807) is 19.2 Å². The van der Waals surface area contributed by atoms with Crippen LogP contribution in [0.3, 0.4) is 0 Å². The maximum atomic E-state index is 12.9. The second kappa shape index (κ2) is 5.74. The van der Waals surface area contributed by atoms with E-state index in [1.807, 2.05) is 6.92 Å². The topological polar surface area (TPSA) is 35.5 Å². The number of carbonyl (C=O) groups excluding carboxylic acids is 1. The van der Waals surface area contributed by atoms with Gasteiger partial charge in [-0.05, 0) is 42.8 Å². The van der Waals surface area contributed by atoms with Crippen LogP contribution in [0.5, 0.6) is 11.5 Å². The van der Waals surface area contributed by atoms with Crippen LogP contribution in [0.4, 0.5) is 4.39 Å². The Morgan fingerprint density at radius 1 is 1.05 bits per heavy atom. The molecule has 0 radical (unpaired) electrons. The lowest BCUT2D eigenvalue weighted by Gasteiger charge is -2.13. The second-order valence-electron chi connectivity index (χ2n) is 4.36. The highest BCUT2D eigenvalue weighted by atomic mass is 19.1. The Morgan fingerprint density at radius 2 is 1.70 bits per heavy atom. The van der Waals surface area contributed by atoms with Crippen molar-refractivity contribution in [3.8, 4) is 11.5 Å². The van der Waals surface area contributed by atoms with Crippen LogP contribution in [0.1, 0.15) is 21.5 Å². The summed E-state index contributed by atoms with van der Waals surface area (Å²) in [4.78, 5) is 12.5. The lowest BCUT2D eigenvalue weighted by Crippen LogP contribution is -2.07. The molecule has 0 aromatic heterocycles. The molecule has 2 rings (SSSR count). The smallest absolute Gasteiger partial charge is 0.197 e. The van der Waals surface area contributed by atoms with Crippen LogP contribution in [0.15, 0.2) is 36.4 Å². The summed E-state index contributed by atoms with van der Waals surface area (Å²) in [5.41, 5.74) is 1.62. The Bertz CT molecular complexity index is 633. The van der Waals surface area contributed by atoms with Gasteiger partial charge in [-0.25, -0.2) is 4.39 Å². The highest BCUT2D eigenvalue weighted by Crippen LogP contribution is 2.30. The Kier molecular flexibility index (Phi) is 4.03. The fourth-order valence-electron chi connectivity index (χ4n) is 2.04. The van der Waals surface area contributed by atoms with E-state index in [0.717, 1.165) is 5.56 Å². The molecule has 3 nitrogen and oxygen atoms in total. The normalized spacial score (nSPS) is 10.2. The van der Waals surface area contributed by atoms with Crippen LogP contribution >= 0.6 is 0 Å². The molecule has 2 aromatic carbocycles. The van der Waals surface area contributed by atoms with Gasteiger partial charge in [-0.3, -0.25) is 4.79 Å². The summed E-state index contributed by atoms with van der Waals surface area (Å²) in [6.07, 6.45) is 0. The van der Waals surface area contributed by atoms with Crippen LogP contribution in [-0.2, 0) is 0 Å². The van der Waals surface area contributed by atoms with Gasteiger partial charge >= 0.3 is 0 Å². The Labute approximate surface area is 117 Å². The number of hydrogen-bond acceptors (Lipinski definition) is 3. The van der Waals surface area contributed by atoms with Crippen molar-refractivity contribution in [3.05, 3.63) is 58.9 Å². The predicted octanol–water partition coefficient (Wildman–Crippen LogP) is 3.38. The van der Waals surface area contributed by atoms with Gasteiger partial charge < -0.3 is 9.47 Å². The zero-order valence-corrected chi connectivity index (χ0v) is 11.6. The number of carbonyl (C=O) groups is 1. The van der Waals surface area contributed by atoms with Crippen molar-refractivity contribution in [2.75, 3.05) is 14.2 Å². The fraction of sp³-hybridized carbons (Fsp3) is 0.188. The highest BCUT2D eigenvalue weighted by Gasteiger charge is 2.18. The Morgan fingerprint density at radius 3 is 2.25 bits per heavy atom. The maximum Gasteiger partial charge on any atom is 0.197 e. The summed E-state index contributed by atoms with van der Waals surface area (Å²) in [6, 6.07) is 8.86. The van der Waals surface area contributed by atoms with E-state index in [4.69, 9.17) is 9.47 Å². The SMILES string of the molecule is COc1cc(C)c(C(=O)c2ccc(F)cc2)c(OC)c1. The van der Waals surface area contributed by atoms with E-state index in [9.17, 15) is 9.18 Å². The molecule has 0 amide bonds. The minimum Gasteiger partial charge on any atom is -0.497 e. The lowest BCUT2D eigenvalue weighted by molar-refractivity contribution is 0.103. The summed E-state index contributed by atoms with van der Waals surface area (Å²) in [6.45, 7) is 1.81. The summed E-state index contributed by atoms with van der Waals surface area (Å²) in [5, 5.41) is 0. The van der Waals surface area contributed by atoms with Gasteiger partial charge in [0.05, 0.1) is 19.8 Å². The molecule has 0 heterocycles. The van der Waals surface area contributed by atoms with Gasteiger partial charge in [-0.1, -0.05) is 0 Å². The number of ether oxygens (including phenoxy) is 2. The first-order valence-electron chi connectivity index (χ1n) is 6.09. The molecule has 0 unspecified atom stereocenters. The molecule has 2 aromatic rings. The molecule has 0 spiro atoms. The molecular weight excluding hydrogens is 259 g/mol. The number of halogens is 1. The van der Waals surface area contributed by atoms with Crippen molar-refractivity contribution in [1.29, 1.82) is 0 Å². The molecule has 0 bridgehead atoms. The van der Waals surface area contributed by atoms with E-state index in [2.05, 4.69) is 0 Å². The highest BCUT2D eigenvalue weighted by molar-refractivity contribution is 6.11. The van der Waals surface area contributed by atoms with Gasteiger partial charge in [-0.2, -0.15) is 0 Å². The first kappa shape index (κ1) is 14.1. The summed E-state index contributed by atoms with van der Waals surface area (Å²) in [7, 11) is 3.05. The lowest BCUT2D eigenvalue weighted by atomic mass is 9.97. The third kappa shape index (κ3) is 2.64. The first-order valence-corrected chi connectivity index (χ1v) is 6.09. The number of methoxy groups -OCH3 is 2.